The first-order valence-electron chi connectivity index (χ1n) is 7.82. The van der Waals surface area contributed by atoms with Crippen LogP contribution in [-0.2, 0) is 4.79 Å². The summed E-state index contributed by atoms with van der Waals surface area (Å²) < 4.78 is 0.876. The van der Waals surface area contributed by atoms with Crippen molar-refractivity contribution in [2.24, 2.45) is 0 Å². The molecule has 0 heterocycles. The van der Waals surface area contributed by atoms with E-state index in [-0.39, 0.29) is 17.6 Å². The number of hydrogen-bond donors (Lipinski definition) is 4. The van der Waals surface area contributed by atoms with Crippen LogP contribution in [0, 0.1) is 13.8 Å². The Kier molecular flexibility index (Phi) is 7.11. The molecule has 0 radical (unpaired) electrons. The zero-order chi connectivity index (χ0) is 19.1. The van der Waals surface area contributed by atoms with Crippen molar-refractivity contribution in [2.75, 3.05) is 11.9 Å². The van der Waals surface area contributed by atoms with Gasteiger partial charge in [0, 0.05) is 15.7 Å². The topological polar surface area (TPSA) is 82.3 Å². The van der Waals surface area contributed by atoms with Crippen molar-refractivity contribution in [3.63, 3.8) is 0 Å². The Balaban J connectivity index is 1.76. The van der Waals surface area contributed by atoms with E-state index in [1.165, 1.54) is 0 Å². The minimum atomic E-state index is -0.416. The van der Waals surface area contributed by atoms with Gasteiger partial charge in [0.25, 0.3) is 11.8 Å². The highest BCUT2D eigenvalue weighted by atomic mass is 79.9. The molecule has 0 saturated carbocycles. The molecule has 2 rings (SSSR count). The molecule has 0 atom stereocenters. The maximum atomic E-state index is 11.9. The second kappa shape index (κ2) is 9.30. The number of nitrogens with one attached hydrogen (secondary N) is 4. The molecule has 0 aliphatic rings. The molecule has 0 bridgehead atoms. The SMILES string of the molecule is Cc1cccc(NC(=S)NNC(=O)CNC(=O)c2ccc(Br)cc2)c1C. The van der Waals surface area contributed by atoms with E-state index in [4.69, 9.17) is 12.2 Å². The van der Waals surface area contributed by atoms with E-state index in [2.05, 4.69) is 37.4 Å². The Morgan fingerprint density at radius 3 is 2.42 bits per heavy atom. The molecule has 0 aliphatic heterocycles. The van der Waals surface area contributed by atoms with Gasteiger partial charge in [0.1, 0.15) is 0 Å². The van der Waals surface area contributed by atoms with Gasteiger partial charge >= 0.3 is 0 Å². The molecule has 2 aromatic carbocycles. The van der Waals surface area contributed by atoms with Crippen LogP contribution in [0.15, 0.2) is 46.9 Å². The Morgan fingerprint density at radius 2 is 1.73 bits per heavy atom. The van der Waals surface area contributed by atoms with Crippen LogP contribution in [0.1, 0.15) is 21.5 Å². The van der Waals surface area contributed by atoms with Gasteiger partial charge in [-0.2, -0.15) is 0 Å². The fraction of sp³-hybridized carbons (Fsp3) is 0.167. The summed E-state index contributed by atoms with van der Waals surface area (Å²) >= 11 is 8.45. The summed E-state index contributed by atoms with van der Waals surface area (Å²) in [6.07, 6.45) is 0. The van der Waals surface area contributed by atoms with Crippen LogP contribution >= 0.6 is 28.1 Å². The van der Waals surface area contributed by atoms with Crippen molar-refractivity contribution >= 4 is 50.8 Å². The number of thiocarbonyl (C=S) groups is 1. The number of halogens is 1. The molecule has 8 heteroatoms. The molecule has 0 unspecified atom stereocenters. The average Bonchev–Trinajstić information content (AvgIpc) is 2.62. The third kappa shape index (κ3) is 5.82. The lowest BCUT2D eigenvalue weighted by atomic mass is 10.1. The van der Waals surface area contributed by atoms with Gasteiger partial charge in [0.15, 0.2) is 5.11 Å². The predicted octanol–water partition coefficient (Wildman–Crippen LogP) is 2.81. The summed E-state index contributed by atoms with van der Waals surface area (Å²) in [6, 6.07) is 12.7. The number of hydrazine groups is 1. The molecule has 4 N–H and O–H groups in total. The van der Waals surface area contributed by atoms with Crippen molar-refractivity contribution < 1.29 is 9.59 Å². The standard InChI is InChI=1S/C18H19BrN4O2S/c1-11-4-3-5-15(12(11)2)21-18(26)23-22-16(24)10-20-17(25)13-6-8-14(19)9-7-13/h3-9H,10H2,1-2H3,(H,20,25)(H,22,24)(H2,21,23,26). The summed E-state index contributed by atoms with van der Waals surface area (Å²) in [5.41, 5.74) is 8.59. The molecule has 0 spiro atoms. The van der Waals surface area contributed by atoms with Gasteiger partial charge in [-0.3, -0.25) is 20.4 Å². The average molecular weight is 435 g/mol. The first-order valence-corrected chi connectivity index (χ1v) is 9.03. The maximum Gasteiger partial charge on any atom is 0.257 e. The Hall–Kier alpha value is -2.45. The van der Waals surface area contributed by atoms with Gasteiger partial charge in [0.2, 0.25) is 0 Å². The van der Waals surface area contributed by atoms with Gasteiger partial charge in [-0.15, -0.1) is 0 Å². The number of benzene rings is 2. The molecule has 6 nitrogen and oxygen atoms in total. The normalized spacial score (nSPS) is 9.96. The van der Waals surface area contributed by atoms with E-state index in [0.29, 0.717) is 5.56 Å². The van der Waals surface area contributed by atoms with E-state index >= 15 is 0 Å². The Bertz CT molecular complexity index is 824. The van der Waals surface area contributed by atoms with Crippen molar-refractivity contribution in [3.05, 3.63) is 63.6 Å². The molecule has 0 aliphatic carbocycles. The summed E-state index contributed by atoms with van der Waals surface area (Å²) in [5, 5.41) is 5.81. The monoisotopic (exact) mass is 434 g/mol. The second-order valence-electron chi connectivity index (χ2n) is 5.56. The smallest absolute Gasteiger partial charge is 0.257 e. The summed E-state index contributed by atoms with van der Waals surface area (Å²) in [6.45, 7) is 3.82. The van der Waals surface area contributed by atoms with Crippen molar-refractivity contribution in [1.29, 1.82) is 0 Å². The molecule has 2 aromatic rings. The number of anilines is 1. The zero-order valence-electron chi connectivity index (χ0n) is 14.4. The van der Waals surface area contributed by atoms with Crippen molar-refractivity contribution in [3.8, 4) is 0 Å². The number of carbonyl (C=O) groups excluding carboxylic acids is 2. The highest BCUT2D eigenvalue weighted by molar-refractivity contribution is 9.10. The van der Waals surface area contributed by atoms with Crippen LogP contribution in [0.2, 0.25) is 0 Å². The minimum Gasteiger partial charge on any atom is -0.343 e. The summed E-state index contributed by atoms with van der Waals surface area (Å²) in [5.74, 6) is -0.746. The fourth-order valence-corrected chi connectivity index (χ4v) is 2.50. The number of amides is 2. The molecule has 0 fully saturated rings. The fourth-order valence-electron chi connectivity index (χ4n) is 2.07. The zero-order valence-corrected chi connectivity index (χ0v) is 16.8. The van der Waals surface area contributed by atoms with E-state index in [0.717, 1.165) is 21.3 Å². The van der Waals surface area contributed by atoms with Crippen molar-refractivity contribution in [1.82, 2.24) is 16.2 Å². The third-order valence-electron chi connectivity index (χ3n) is 3.68. The summed E-state index contributed by atoms with van der Waals surface area (Å²) in [7, 11) is 0. The lowest BCUT2D eigenvalue weighted by Crippen LogP contribution is -2.47. The van der Waals surface area contributed by atoms with Gasteiger partial charge in [-0.1, -0.05) is 28.1 Å². The van der Waals surface area contributed by atoms with Gasteiger partial charge in [0.05, 0.1) is 6.54 Å². The molecule has 0 aromatic heterocycles. The van der Waals surface area contributed by atoms with Crippen LogP contribution in [-0.4, -0.2) is 23.5 Å². The third-order valence-corrected chi connectivity index (χ3v) is 4.42. The number of hydrogen-bond acceptors (Lipinski definition) is 3. The molecule has 136 valence electrons. The van der Waals surface area contributed by atoms with E-state index < -0.39 is 5.91 Å². The quantitative estimate of drug-likeness (QED) is 0.439. The Labute approximate surface area is 165 Å². The van der Waals surface area contributed by atoms with Crippen LogP contribution < -0.4 is 21.5 Å². The van der Waals surface area contributed by atoms with E-state index in [9.17, 15) is 9.59 Å². The first kappa shape index (κ1) is 19.9. The molecule has 2 amide bonds. The second-order valence-corrected chi connectivity index (χ2v) is 6.89. The minimum absolute atomic E-state index is 0.173. The molecule has 0 saturated heterocycles. The predicted molar refractivity (Wildman–Crippen MR) is 110 cm³/mol. The van der Waals surface area contributed by atoms with E-state index in [1.54, 1.807) is 24.3 Å². The first-order chi connectivity index (χ1) is 12.4. The van der Waals surface area contributed by atoms with E-state index in [1.807, 2.05) is 32.0 Å². The van der Waals surface area contributed by atoms with Crippen LogP contribution in [0.4, 0.5) is 5.69 Å². The van der Waals surface area contributed by atoms with Gasteiger partial charge in [-0.25, -0.2) is 0 Å². The molecular weight excluding hydrogens is 416 g/mol. The highest BCUT2D eigenvalue weighted by Gasteiger charge is 2.08. The lowest BCUT2D eigenvalue weighted by Gasteiger charge is -2.14. The van der Waals surface area contributed by atoms with Crippen LogP contribution in [0.25, 0.3) is 0 Å². The highest BCUT2D eigenvalue weighted by Crippen LogP contribution is 2.17. The van der Waals surface area contributed by atoms with Crippen LogP contribution in [0.3, 0.4) is 0 Å². The van der Waals surface area contributed by atoms with Crippen LogP contribution in [0.5, 0.6) is 0 Å². The van der Waals surface area contributed by atoms with Gasteiger partial charge < -0.3 is 10.6 Å². The van der Waals surface area contributed by atoms with Crippen molar-refractivity contribution in [2.45, 2.75) is 13.8 Å². The largest absolute Gasteiger partial charge is 0.343 e. The van der Waals surface area contributed by atoms with Gasteiger partial charge in [-0.05, 0) is 67.5 Å². The number of rotatable bonds is 4. The number of aryl methyl sites for hydroxylation is 1. The maximum absolute atomic E-state index is 11.9. The summed E-state index contributed by atoms with van der Waals surface area (Å²) in [4.78, 5) is 23.8. The number of carbonyl (C=O) groups is 2. The molecule has 26 heavy (non-hydrogen) atoms. The lowest BCUT2D eigenvalue weighted by molar-refractivity contribution is -0.120. The molecular formula is C18H19BrN4O2S. The Morgan fingerprint density at radius 1 is 1.04 bits per heavy atom.